The highest BCUT2D eigenvalue weighted by Gasteiger charge is 2.22. The predicted octanol–water partition coefficient (Wildman–Crippen LogP) is 3.12. The zero-order valence-electron chi connectivity index (χ0n) is 10.6. The molecule has 0 spiro atoms. The van der Waals surface area contributed by atoms with Gasteiger partial charge in [-0.25, -0.2) is 9.97 Å². The SMILES string of the molecule is CCCc1cncnc1N1CCc2ccccc21. The van der Waals surface area contributed by atoms with Crippen LogP contribution in [0.3, 0.4) is 0 Å². The van der Waals surface area contributed by atoms with Crippen LogP contribution in [0.25, 0.3) is 0 Å². The van der Waals surface area contributed by atoms with E-state index in [-0.39, 0.29) is 0 Å². The molecule has 0 atom stereocenters. The summed E-state index contributed by atoms with van der Waals surface area (Å²) in [6.45, 7) is 3.21. The molecule has 0 bridgehead atoms. The Hall–Kier alpha value is -1.90. The maximum Gasteiger partial charge on any atom is 0.139 e. The minimum Gasteiger partial charge on any atom is -0.325 e. The van der Waals surface area contributed by atoms with Crippen LogP contribution in [0.5, 0.6) is 0 Å². The summed E-state index contributed by atoms with van der Waals surface area (Å²) in [7, 11) is 0. The standard InChI is InChI=1S/C15H17N3/c1-2-5-13-10-16-11-17-15(13)18-9-8-12-6-3-4-7-14(12)18/h3-4,6-7,10-11H,2,5,8-9H2,1H3. The van der Waals surface area contributed by atoms with Gasteiger partial charge in [-0.1, -0.05) is 31.5 Å². The molecule has 2 heterocycles. The van der Waals surface area contributed by atoms with Crippen LogP contribution < -0.4 is 4.90 Å². The Morgan fingerprint density at radius 2 is 2.17 bits per heavy atom. The molecule has 1 aromatic heterocycles. The van der Waals surface area contributed by atoms with Crippen LogP contribution in [0.1, 0.15) is 24.5 Å². The summed E-state index contributed by atoms with van der Waals surface area (Å²) in [6.07, 6.45) is 6.86. The van der Waals surface area contributed by atoms with Crippen LogP contribution in [0.4, 0.5) is 11.5 Å². The number of para-hydroxylation sites is 1. The van der Waals surface area contributed by atoms with E-state index in [1.807, 2.05) is 6.20 Å². The van der Waals surface area contributed by atoms with Gasteiger partial charge in [0.25, 0.3) is 0 Å². The zero-order chi connectivity index (χ0) is 12.4. The lowest BCUT2D eigenvalue weighted by atomic mass is 10.1. The first-order valence-electron chi connectivity index (χ1n) is 6.54. The average Bonchev–Trinajstić information content (AvgIpc) is 2.84. The first kappa shape index (κ1) is 11.2. The quantitative estimate of drug-likeness (QED) is 0.824. The highest BCUT2D eigenvalue weighted by molar-refractivity contribution is 5.69. The smallest absolute Gasteiger partial charge is 0.139 e. The van der Waals surface area contributed by atoms with Crippen molar-refractivity contribution < 1.29 is 0 Å². The minimum atomic E-state index is 1.02. The van der Waals surface area contributed by atoms with Crippen molar-refractivity contribution in [3.63, 3.8) is 0 Å². The number of benzene rings is 1. The van der Waals surface area contributed by atoms with Crippen LogP contribution in [0, 0.1) is 0 Å². The molecule has 0 N–H and O–H groups in total. The Balaban J connectivity index is 2.02. The Kier molecular flexibility index (Phi) is 2.97. The molecule has 3 heteroatoms. The van der Waals surface area contributed by atoms with Crippen molar-refractivity contribution in [2.45, 2.75) is 26.2 Å². The van der Waals surface area contributed by atoms with Crippen LogP contribution >= 0.6 is 0 Å². The molecule has 3 nitrogen and oxygen atoms in total. The van der Waals surface area contributed by atoms with Gasteiger partial charge >= 0.3 is 0 Å². The second-order valence-corrected chi connectivity index (χ2v) is 4.65. The molecule has 0 saturated carbocycles. The van der Waals surface area contributed by atoms with Gasteiger partial charge in [-0.05, 0) is 24.5 Å². The van der Waals surface area contributed by atoms with E-state index in [2.05, 4.69) is 46.1 Å². The molecule has 0 fully saturated rings. The normalized spacial score (nSPS) is 13.7. The number of nitrogens with zero attached hydrogens (tertiary/aromatic N) is 3. The van der Waals surface area contributed by atoms with E-state index in [4.69, 9.17) is 0 Å². The highest BCUT2D eigenvalue weighted by Crippen LogP contribution is 2.34. The van der Waals surface area contributed by atoms with E-state index in [0.717, 1.165) is 31.6 Å². The number of hydrogen-bond acceptors (Lipinski definition) is 3. The van der Waals surface area contributed by atoms with Crippen molar-refractivity contribution in [3.05, 3.63) is 47.9 Å². The Morgan fingerprint density at radius 1 is 1.28 bits per heavy atom. The fourth-order valence-electron chi connectivity index (χ4n) is 2.60. The Labute approximate surface area is 108 Å². The molecule has 0 saturated heterocycles. The molecule has 0 amide bonds. The third-order valence-corrected chi connectivity index (χ3v) is 3.43. The number of aryl methyl sites for hydroxylation is 1. The lowest BCUT2D eigenvalue weighted by molar-refractivity contribution is 0.876. The van der Waals surface area contributed by atoms with E-state index in [0.29, 0.717) is 0 Å². The second kappa shape index (κ2) is 4.77. The molecule has 3 rings (SSSR count). The van der Waals surface area contributed by atoms with Gasteiger partial charge in [0.1, 0.15) is 12.1 Å². The fourth-order valence-corrected chi connectivity index (χ4v) is 2.60. The Bertz CT molecular complexity index is 551. The molecule has 1 aromatic carbocycles. The number of hydrogen-bond donors (Lipinski definition) is 0. The molecule has 0 radical (unpaired) electrons. The lowest BCUT2D eigenvalue weighted by Gasteiger charge is -2.20. The topological polar surface area (TPSA) is 29.0 Å². The van der Waals surface area contributed by atoms with Crippen molar-refractivity contribution in [2.24, 2.45) is 0 Å². The van der Waals surface area contributed by atoms with Gasteiger partial charge in [0, 0.05) is 24.0 Å². The maximum atomic E-state index is 4.49. The van der Waals surface area contributed by atoms with Crippen molar-refractivity contribution >= 4 is 11.5 Å². The van der Waals surface area contributed by atoms with Gasteiger partial charge in [0.15, 0.2) is 0 Å². The summed E-state index contributed by atoms with van der Waals surface area (Å²) in [4.78, 5) is 11.0. The molecule has 0 aliphatic carbocycles. The predicted molar refractivity (Wildman–Crippen MR) is 73.2 cm³/mol. The monoisotopic (exact) mass is 239 g/mol. The van der Waals surface area contributed by atoms with Crippen LogP contribution in [-0.4, -0.2) is 16.5 Å². The lowest BCUT2D eigenvalue weighted by Crippen LogP contribution is -2.17. The highest BCUT2D eigenvalue weighted by atomic mass is 15.2. The first-order valence-corrected chi connectivity index (χ1v) is 6.54. The van der Waals surface area contributed by atoms with E-state index < -0.39 is 0 Å². The number of fused-ring (bicyclic) bond motifs is 1. The summed E-state index contributed by atoms with van der Waals surface area (Å²) >= 11 is 0. The molecular weight excluding hydrogens is 222 g/mol. The van der Waals surface area contributed by atoms with Gasteiger partial charge in [0.05, 0.1) is 0 Å². The van der Waals surface area contributed by atoms with Gasteiger partial charge in [-0.15, -0.1) is 0 Å². The zero-order valence-corrected chi connectivity index (χ0v) is 10.6. The largest absolute Gasteiger partial charge is 0.325 e. The molecule has 2 aromatic rings. The van der Waals surface area contributed by atoms with Gasteiger partial charge < -0.3 is 4.90 Å². The third kappa shape index (κ3) is 1.86. The number of anilines is 2. The fraction of sp³-hybridized carbons (Fsp3) is 0.333. The van der Waals surface area contributed by atoms with Gasteiger partial charge in [0.2, 0.25) is 0 Å². The van der Waals surface area contributed by atoms with Crippen LogP contribution in [0.2, 0.25) is 0 Å². The number of aromatic nitrogens is 2. The molecule has 92 valence electrons. The van der Waals surface area contributed by atoms with Gasteiger partial charge in [-0.2, -0.15) is 0 Å². The minimum absolute atomic E-state index is 1.02. The summed E-state index contributed by atoms with van der Waals surface area (Å²) in [5.41, 5.74) is 3.96. The summed E-state index contributed by atoms with van der Waals surface area (Å²) in [5.74, 6) is 1.08. The van der Waals surface area contributed by atoms with Crippen LogP contribution in [-0.2, 0) is 12.8 Å². The Morgan fingerprint density at radius 3 is 3.06 bits per heavy atom. The molecule has 1 aliphatic heterocycles. The average molecular weight is 239 g/mol. The third-order valence-electron chi connectivity index (χ3n) is 3.43. The first-order chi connectivity index (χ1) is 8.90. The summed E-state index contributed by atoms with van der Waals surface area (Å²) in [6, 6.07) is 8.59. The van der Waals surface area contributed by atoms with E-state index >= 15 is 0 Å². The van der Waals surface area contributed by atoms with Crippen molar-refractivity contribution in [1.29, 1.82) is 0 Å². The molecule has 0 unspecified atom stereocenters. The van der Waals surface area contributed by atoms with E-state index in [9.17, 15) is 0 Å². The molecule has 1 aliphatic rings. The number of rotatable bonds is 3. The van der Waals surface area contributed by atoms with Crippen molar-refractivity contribution in [2.75, 3.05) is 11.4 Å². The maximum absolute atomic E-state index is 4.49. The molecule has 18 heavy (non-hydrogen) atoms. The van der Waals surface area contributed by atoms with Crippen molar-refractivity contribution in [1.82, 2.24) is 9.97 Å². The van der Waals surface area contributed by atoms with Gasteiger partial charge in [-0.3, -0.25) is 0 Å². The summed E-state index contributed by atoms with van der Waals surface area (Å²) in [5, 5.41) is 0. The summed E-state index contributed by atoms with van der Waals surface area (Å²) < 4.78 is 0. The second-order valence-electron chi connectivity index (χ2n) is 4.65. The van der Waals surface area contributed by atoms with E-state index in [1.54, 1.807) is 6.33 Å². The van der Waals surface area contributed by atoms with Crippen molar-refractivity contribution in [3.8, 4) is 0 Å². The van der Waals surface area contributed by atoms with Crippen LogP contribution in [0.15, 0.2) is 36.8 Å². The van der Waals surface area contributed by atoms with E-state index in [1.165, 1.54) is 16.8 Å². The molecular formula is C15H17N3.